The minimum absolute atomic E-state index is 0.160. The van der Waals surface area contributed by atoms with Gasteiger partial charge in [0.1, 0.15) is 5.54 Å². The van der Waals surface area contributed by atoms with Crippen molar-refractivity contribution in [2.45, 2.75) is 45.7 Å². The van der Waals surface area contributed by atoms with Gasteiger partial charge in [-0.25, -0.2) is 4.79 Å². The van der Waals surface area contributed by atoms with E-state index >= 15 is 0 Å². The molecular formula is C20H30ClN5O2. The van der Waals surface area contributed by atoms with Crippen molar-refractivity contribution < 1.29 is 9.59 Å². The Morgan fingerprint density at radius 1 is 1.32 bits per heavy atom. The van der Waals surface area contributed by atoms with E-state index < -0.39 is 5.54 Å². The number of urea groups is 1. The normalized spacial score (nSPS) is 19.8. The molecule has 1 atom stereocenters. The summed E-state index contributed by atoms with van der Waals surface area (Å²) >= 11 is 6.25. The van der Waals surface area contributed by atoms with Crippen LogP contribution in [0.3, 0.4) is 0 Å². The molecule has 0 saturated carbocycles. The summed E-state index contributed by atoms with van der Waals surface area (Å²) in [6.07, 6.45) is 1.18. The second-order valence-corrected chi connectivity index (χ2v) is 7.52. The summed E-state index contributed by atoms with van der Waals surface area (Å²) in [5.74, 6) is 0.602. The zero-order valence-corrected chi connectivity index (χ0v) is 17.8. The van der Waals surface area contributed by atoms with Gasteiger partial charge in [-0.05, 0) is 38.3 Å². The van der Waals surface area contributed by atoms with Crippen LogP contribution in [-0.2, 0) is 11.3 Å². The molecule has 1 aromatic rings. The summed E-state index contributed by atoms with van der Waals surface area (Å²) in [5.41, 5.74) is 0.236. The molecule has 28 heavy (non-hydrogen) atoms. The third kappa shape index (κ3) is 5.16. The summed E-state index contributed by atoms with van der Waals surface area (Å²) < 4.78 is 0. The minimum atomic E-state index is -0.787. The third-order valence-corrected chi connectivity index (χ3v) is 5.28. The largest absolute Gasteiger partial charge is 0.357 e. The van der Waals surface area contributed by atoms with Crippen LogP contribution in [0.25, 0.3) is 0 Å². The first-order chi connectivity index (χ1) is 13.3. The molecule has 1 aliphatic heterocycles. The number of benzene rings is 1. The molecule has 1 fully saturated rings. The second-order valence-electron chi connectivity index (χ2n) is 7.11. The van der Waals surface area contributed by atoms with Gasteiger partial charge in [0.05, 0.1) is 0 Å². The number of aliphatic imine (C=N–C) groups is 1. The van der Waals surface area contributed by atoms with Crippen LogP contribution in [0.5, 0.6) is 0 Å². The Morgan fingerprint density at radius 3 is 2.64 bits per heavy atom. The van der Waals surface area contributed by atoms with Crippen LogP contribution >= 0.6 is 11.6 Å². The molecular weight excluding hydrogens is 378 g/mol. The second kappa shape index (κ2) is 9.78. The number of nitrogens with zero attached hydrogens (tertiary/aromatic N) is 3. The molecule has 1 aromatic carbocycles. The fourth-order valence-electron chi connectivity index (χ4n) is 3.03. The van der Waals surface area contributed by atoms with E-state index in [1.807, 2.05) is 50.1 Å². The number of rotatable bonds is 8. The minimum Gasteiger partial charge on any atom is -0.357 e. The van der Waals surface area contributed by atoms with E-state index in [2.05, 4.69) is 15.6 Å². The Hall–Kier alpha value is -2.28. The van der Waals surface area contributed by atoms with Crippen LogP contribution in [0.4, 0.5) is 4.79 Å². The smallest absolute Gasteiger partial charge is 0.325 e. The highest BCUT2D eigenvalue weighted by molar-refractivity contribution is 6.31. The van der Waals surface area contributed by atoms with E-state index in [1.54, 1.807) is 6.92 Å². The maximum Gasteiger partial charge on any atom is 0.325 e. The van der Waals surface area contributed by atoms with Crippen molar-refractivity contribution in [3.05, 3.63) is 34.9 Å². The van der Waals surface area contributed by atoms with E-state index in [1.165, 1.54) is 4.90 Å². The van der Waals surface area contributed by atoms with Gasteiger partial charge in [0.2, 0.25) is 0 Å². The number of carbonyl (C=O) groups excluding carboxylic acids is 2. The predicted octanol–water partition coefficient (Wildman–Crippen LogP) is 2.85. The molecule has 1 aliphatic rings. The Morgan fingerprint density at radius 2 is 2.04 bits per heavy atom. The number of amides is 3. The van der Waals surface area contributed by atoms with Gasteiger partial charge in [0, 0.05) is 38.2 Å². The number of hydrogen-bond donors (Lipinski definition) is 2. The number of hydrogen-bond acceptors (Lipinski definition) is 3. The molecule has 3 amide bonds. The lowest BCUT2D eigenvalue weighted by Crippen LogP contribution is -2.43. The summed E-state index contributed by atoms with van der Waals surface area (Å²) in [4.78, 5) is 32.4. The summed E-state index contributed by atoms with van der Waals surface area (Å²) in [5, 5.41) is 6.76. The van der Waals surface area contributed by atoms with Crippen LogP contribution in [-0.4, -0.2) is 59.9 Å². The number of imide groups is 1. The first kappa shape index (κ1) is 22.0. The monoisotopic (exact) mass is 407 g/mol. The Balaban J connectivity index is 1.93. The van der Waals surface area contributed by atoms with Crippen molar-refractivity contribution in [2.75, 3.05) is 26.7 Å². The van der Waals surface area contributed by atoms with Crippen LogP contribution in [0, 0.1) is 0 Å². The van der Waals surface area contributed by atoms with Gasteiger partial charge in [-0.3, -0.25) is 14.7 Å². The van der Waals surface area contributed by atoms with Gasteiger partial charge in [-0.15, -0.1) is 0 Å². The molecule has 1 saturated heterocycles. The lowest BCUT2D eigenvalue weighted by molar-refractivity contribution is -0.130. The molecule has 1 heterocycles. The van der Waals surface area contributed by atoms with Crippen molar-refractivity contribution in [1.29, 1.82) is 0 Å². The molecule has 8 heteroatoms. The van der Waals surface area contributed by atoms with Gasteiger partial charge >= 0.3 is 6.03 Å². The predicted molar refractivity (Wildman–Crippen MR) is 112 cm³/mol. The van der Waals surface area contributed by atoms with Gasteiger partial charge in [-0.1, -0.05) is 36.7 Å². The highest BCUT2D eigenvalue weighted by Gasteiger charge is 2.45. The number of carbonyl (C=O) groups is 2. The fourth-order valence-corrected chi connectivity index (χ4v) is 3.23. The lowest BCUT2D eigenvalue weighted by atomic mass is 9.99. The van der Waals surface area contributed by atoms with Crippen molar-refractivity contribution in [1.82, 2.24) is 20.4 Å². The van der Waals surface area contributed by atoms with Gasteiger partial charge < -0.3 is 15.5 Å². The summed E-state index contributed by atoms with van der Waals surface area (Å²) in [6.45, 7) is 7.91. The van der Waals surface area contributed by atoms with Crippen LogP contribution in [0.1, 0.15) is 39.2 Å². The molecule has 154 valence electrons. The SMILES string of the molecule is CCNC(=NCCCN1C(=O)NC(C)(CC)C1=O)N(C)Cc1ccccc1Cl. The molecule has 0 radical (unpaired) electrons. The van der Waals surface area contributed by atoms with Crippen molar-refractivity contribution >= 4 is 29.5 Å². The highest BCUT2D eigenvalue weighted by atomic mass is 35.5. The van der Waals surface area contributed by atoms with Crippen molar-refractivity contribution in [3.8, 4) is 0 Å². The third-order valence-electron chi connectivity index (χ3n) is 4.92. The van der Waals surface area contributed by atoms with E-state index in [9.17, 15) is 9.59 Å². The zero-order chi connectivity index (χ0) is 20.7. The quantitative estimate of drug-likeness (QED) is 0.300. The van der Waals surface area contributed by atoms with E-state index in [0.717, 1.165) is 23.1 Å². The van der Waals surface area contributed by atoms with Crippen LogP contribution < -0.4 is 10.6 Å². The zero-order valence-electron chi connectivity index (χ0n) is 17.1. The van der Waals surface area contributed by atoms with Crippen LogP contribution in [0.15, 0.2) is 29.3 Å². The van der Waals surface area contributed by atoms with Gasteiger partial charge in [0.15, 0.2) is 5.96 Å². The van der Waals surface area contributed by atoms with E-state index in [0.29, 0.717) is 32.5 Å². The first-order valence-electron chi connectivity index (χ1n) is 9.69. The molecule has 1 unspecified atom stereocenters. The average Bonchev–Trinajstić information content (AvgIpc) is 2.89. The molecule has 0 aliphatic carbocycles. The molecule has 0 aromatic heterocycles. The highest BCUT2D eigenvalue weighted by Crippen LogP contribution is 2.21. The summed E-state index contributed by atoms with van der Waals surface area (Å²) in [7, 11) is 1.95. The number of guanidine groups is 1. The Bertz CT molecular complexity index is 739. The lowest BCUT2D eigenvalue weighted by Gasteiger charge is -2.23. The molecule has 2 N–H and O–H groups in total. The van der Waals surface area contributed by atoms with Crippen LogP contribution in [0.2, 0.25) is 5.02 Å². The van der Waals surface area contributed by atoms with E-state index in [-0.39, 0.29) is 11.9 Å². The average molecular weight is 408 g/mol. The molecule has 7 nitrogen and oxygen atoms in total. The maximum absolute atomic E-state index is 12.4. The Labute approximate surface area is 172 Å². The number of nitrogens with one attached hydrogen (secondary N) is 2. The number of halogens is 1. The molecule has 0 bridgehead atoms. The molecule has 0 spiro atoms. The maximum atomic E-state index is 12.4. The summed E-state index contributed by atoms with van der Waals surface area (Å²) in [6, 6.07) is 7.41. The molecule has 2 rings (SSSR count). The Kier molecular flexibility index (Phi) is 7.69. The first-order valence-corrected chi connectivity index (χ1v) is 10.1. The standard InChI is InChI=1S/C20H30ClN5O2/c1-5-20(3)17(27)26(19(28)24-20)13-9-12-23-18(22-6-2)25(4)14-15-10-7-8-11-16(15)21/h7-8,10-11H,5-6,9,12-14H2,1-4H3,(H,22,23)(H,24,28). The van der Waals surface area contributed by atoms with E-state index in [4.69, 9.17) is 11.6 Å². The van der Waals surface area contributed by atoms with Crippen molar-refractivity contribution in [2.24, 2.45) is 4.99 Å². The topological polar surface area (TPSA) is 77.0 Å². The van der Waals surface area contributed by atoms with Gasteiger partial charge in [-0.2, -0.15) is 0 Å². The fraction of sp³-hybridized carbons (Fsp3) is 0.550. The van der Waals surface area contributed by atoms with Gasteiger partial charge in [0.25, 0.3) is 5.91 Å². The van der Waals surface area contributed by atoms with Crippen molar-refractivity contribution in [3.63, 3.8) is 0 Å².